The van der Waals surface area contributed by atoms with Gasteiger partial charge in [-0.3, -0.25) is 4.40 Å². The van der Waals surface area contributed by atoms with Gasteiger partial charge in [0.05, 0.1) is 29.4 Å². The molecule has 4 rings (SSSR count). The number of fused-ring (bicyclic) bond motifs is 3. The van der Waals surface area contributed by atoms with Gasteiger partial charge in [0.25, 0.3) is 0 Å². The van der Waals surface area contributed by atoms with Gasteiger partial charge >= 0.3 is 5.97 Å². The van der Waals surface area contributed by atoms with Gasteiger partial charge in [-0.1, -0.05) is 12.1 Å². The molecule has 0 saturated heterocycles. The molecular weight excluding hydrogens is 334 g/mol. The molecule has 2 N–H and O–H groups in total. The molecule has 0 aliphatic rings. The number of carboxylic acid groups (broad SMARTS) is 1. The van der Waals surface area contributed by atoms with Crippen LogP contribution in [0.25, 0.3) is 16.7 Å². The van der Waals surface area contributed by atoms with E-state index in [1.807, 2.05) is 35.6 Å². The summed E-state index contributed by atoms with van der Waals surface area (Å²) in [5.74, 6) is 0.669. The Morgan fingerprint density at radius 1 is 1.19 bits per heavy atom. The molecule has 0 aliphatic heterocycles. The van der Waals surface area contributed by atoms with Crippen molar-refractivity contribution >= 4 is 34.2 Å². The summed E-state index contributed by atoms with van der Waals surface area (Å²) < 4.78 is 7.23. The zero-order valence-corrected chi connectivity index (χ0v) is 14.1. The summed E-state index contributed by atoms with van der Waals surface area (Å²) in [7, 11) is 1.52. The van der Waals surface area contributed by atoms with Crippen LogP contribution >= 0.6 is 0 Å². The lowest BCUT2D eigenvalue weighted by molar-refractivity contribution is 0.0697. The third-order valence-electron chi connectivity index (χ3n) is 4.09. The van der Waals surface area contributed by atoms with Crippen molar-refractivity contribution in [3.8, 4) is 5.75 Å². The van der Waals surface area contributed by atoms with Gasteiger partial charge in [-0.2, -0.15) is 0 Å². The Labute approximate surface area is 148 Å². The molecule has 0 atom stereocenters. The number of benzene rings is 2. The Balaban J connectivity index is 1.92. The minimum atomic E-state index is -1.02. The normalized spacial score (nSPS) is 11.0. The van der Waals surface area contributed by atoms with Crippen LogP contribution in [0.1, 0.15) is 16.2 Å². The lowest BCUT2D eigenvalue weighted by atomic mass is 10.2. The number of hydrogen-bond donors (Lipinski definition) is 2. The highest BCUT2D eigenvalue weighted by atomic mass is 16.5. The van der Waals surface area contributed by atoms with Gasteiger partial charge in [0.1, 0.15) is 11.6 Å². The van der Waals surface area contributed by atoms with Crippen molar-refractivity contribution in [2.75, 3.05) is 12.4 Å². The van der Waals surface area contributed by atoms with Crippen LogP contribution in [0.3, 0.4) is 0 Å². The van der Waals surface area contributed by atoms with E-state index < -0.39 is 5.97 Å². The van der Waals surface area contributed by atoms with E-state index in [0.717, 1.165) is 16.9 Å². The number of anilines is 2. The van der Waals surface area contributed by atoms with Crippen LogP contribution in [0.5, 0.6) is 5.75 Å². The van der Waals surface area contributed by atoms with Crippen LogP contribution < -0.4 is 10.1 Å². The van der Waals surface area contributed by atoms with Crippen molar-refractivity contribution in [1.82, 2.24) is 19.6 Å². The molecule has 0 amide bonds. The molecule has 2 aromatic carbocycles. The number of nitrogens with one attached hydrogen (secondary N) is 1. The van der Waals surface area contributed by atoms with E-state index >= 15 is 0 Å². The van der Waals surface area contributed by atoms with Crippen molar-refractivity contribution in [2.24, 2.45) is 0 Å². The maximum Gasteiger partial charge on any atom is 0.335 e. The summed E-state index contributed by atoms with van der Waals surface area (Å²) in [6, 6.07) is 12.2. The molecule has 0 spiro atoms. The molecule has 0 bridgehead atoms. The van der Waals surface area contributed by atoms with E-state index in [2.05, 4.69) is 20.5 Å². The van der Waals surface area contributed by atoms with Gasteiger partial charge in [-0.05, 0) is 37.3 Å². The van der Waals surface area contributed by atoms with E-state index in [9.17, 15) is 9.90 Å². The molecule has 2 heterocycles. The van der Waals surface area contributed by atoms with Crippen molar-refractivity contribution in [3.05, 3.63) is 53.9 Å². The van der Waals surface area contributed by atoms with E-state index in [1.165, 1.54) is 19.2 Å². The molecule has 26 heavy (non-hydrogen) atoms. The summed E-state index contributed by atoms with van der Waals surface area (Å²) in [5, 5.41) is 20.7. The van der Waals surface area contributed by atoms with Crippen molar-refractivity contribution in [1.29, 1.82) is 0 Å². The fourth-order valence-corrected chi connectivity index (χ4v) is 2.87. The lowest BCUT2D eigenvalue weighted by Gasteiger charge is -2.13. The fraction of sp³-hybridized carbons (Fsp3) is 0.111. The molecule has 0 fully saturated rings. The summed E-state index contributed by atoms with van der Waals surface area (Å²) in [6.07, 6.45) is 0. The van der Waals surface area contributed by atoms with Crippen molar-refractivity contribution in [3.63, 3.8) is 0 Å². The highest BCUT2D eigenvalue weighted by Gasteiger charge is 2.15. The topological polar surface area (TPSA) is 102 Å². The first-order valence-corrected chi connectivity index (χ1v) is 7.87. The average molecular weight is 349 g/mol. The molecule has 8 heteroatoms. The highest BCUT2D eigenvalue weighted by molar-refractivity contribution is 5.91. The van der Waals surface area contributed by atoms with Crippen molar-refractivity contribution < 1.29 is 14.6 Å². The summed E-state index contributed by atoms with van der Waals surface area (Å²) >= 11 is 0. The van der Waals surface area contributed by atoms with Gasteiger partial charge in [-0.15, -0.1) is 10.2 Å². The number of aromatic carboxylic acids is 1. The van der Waals surface area contributed by atoms with E-state index in [-0.39, 0.29) is 5.56 Å². The monoisotopic (exact) mass is 349 g/mol. The Kier molecular flexibility index (Phi) is 3.65. The quantitative estimate of drug-likeness (QED) is 0.584. The molecule has 8 nitrogen and oxygen atoms in total. The van der Waals surface area contributed by atoms with Crippen LogP contribution in [-0.4, -0.2) is 37.8 Å². The molecule has 2 aromatic heterocycles. The number of nitrogens with zero attached hydrogens (tertiary/aromatic N) is 4. The number of methoxy groups -OCH3 is 1. The second kappa shape index (κ2) is 5.99. The Bertz CT molecular complexity index is 1150. The van der Waals surface area contributed by atoms with Crippen molar-refractivity contribution in [2.45, 2.75) is 6.92 Å². The number of carbonyl (C=O) groups is 1. The van der Waals surface area contributed by atoms with Gasteiger partial charge in [-0.25, -0.2) is 9.78 Å². The van der Waals surface area contributed by atoms with E-state index in [1.54, 1.807) is 6.07 Å². The fourth-order valence-electron chi connectivity index (χ4n) is 2.87. The second-order valence-electron chi connectivity index (χ2n) is 5.70. The number of para-hydroxylation sites is 2. The zero-order valence-electron chi connectivity index (χ0n) is 14.1. The first-order valence-electron chi connectivity index (χ1n) is 7.87. The van der Waals surface area contributed by atoms with E-state index in [4.69, 9.17) is 4.74 Å². The number of carboxylic acids is 1. The van der Waals surface area contributed by atoms with E-state index in [0.29, 0.717) is 22.9 Å². The molecule has 4 aromatic rings. The summed E-state index contributed by atoms with van der Waals surface area (Å²) in [6.45, 7) is 1.86. The SMILES string of the molecule is COc1ccc(C(=O)O)cc1Nc1nc2ccccc2n2c(C)nnc12. The molecule has 0 radical (unpaired) electrons. The first-order chi connectivity index (χ1) is 12.6. The number of aryl methyl sites for hydroxylation is 1. The van der Waals surface area contributed by atoms with Crippen LogP contribution in [0.15, 0.2) is 42.5 Å². The number of rotatable bonds is 4. The Hall–Kier alpha value is -3.68. The molecule has 0 saturated carbocycles. The van der Waals surface area contributed by atoms with Crippen LogP contribution in [0, 0.1) is 6.92 Å². The molecule has 0 aliphatic carbocycles. The average Bonchev–Trinajstić information content (AvgIpc) is 3.04. The first kappa shape index (κ1) is 15.8. The summed E-state index contributed by atoms with van der Waals surface area (Å²) in [5.41, 5.74) is 2.82. The van der Waals surface area contributed by atoms with Crippen LogP contribution in [0.4, 0.5) is 11.5 Å². The molecular formula is C18H15N5O3. The Morgan fingerprint density at radius 3 is 2.77 bits per heavy atom. The Morgan fingerprint density at radius 2 is 2.00 bits per heavy atom. The maximum absolute atomic E-state index is 11.3. The third-order valence-corrected chi connectivity index (χ3v) is 4.09. The standard InChI is InChI=1S/C18H15N5O3/c1-10-21-22-17-16(19-12-5-3-4-6-14(12)23(10)17)20-13-9-11(18(24)25)7-8-15(13)26-2/h3-9H,1-2H3,(H,19,20)(H,24,25). The number of ether oxygens (including phenoxy) is 1. The number of aromatic nitrogens is 4. The lowest BCUT2D eigenvalue weighted by Crippen LogP contribution is -2.04. The predicted molar refractivity (Wildman–Crippen MR) is 96.3 cm³/mol. The third kappa shape index (κ3) is 2.48. The maximum atomic E-state index is 11.3. The van der Waals surface area contributed by atoms with Gasteiger partial charge in [0, 0.05) is 0 Å². The smallest absolute Gasteiger partial charge is 0.335 e. The minimum Gasteiger partial charge on any atom is -0.495 e. The zero-order chi connectivity index (χ0) is 18.3. The minimum absolute atomic E-state index is 0.141. The largest absolute Gasteiger partial charge is 0.495 e. The predicted octanol–water partition coefficient (Wildman–Crippen LogP) is 3.04. The molecule has 130 valence electrons. The highest BCUT2D eigenvalue weighted by Crippen LogP contribution is 2.31. The van der Waals surface area contributed by atoms with Crippen LogP contribution in [0.2, 0.25) is 0 Å². The second-order valence-corrected chi connectivity index (χ2v) is 5.70. The van der Waals surface area contributed by atoms with Gasteiger partial charge < -0.3 is 15.2 Å². The molecule has 0 unspecified atom stereocenters. The number of hydrogen-bond acceptors (Lipinski definition) is 6. The summed E-state index contributed by atoms with van der Waals surface area (Å²) in [4.78, 5) is 15.9. The van der Waals surface area contributed by atoms with Gasteiger partial charge in [0.15, 0.2) is 5.82 Å². The van der Waals surface area contributed by atoms with Crippen LogP contribution in [-0.2, 0) is 0 Å². The van der Waals surface area contributed by atoms with Gasteiger partial charge in [0.2, 0.25) is 5.65 Å².